The molecule has 0 aliphatic carbocycles. The van der Waals surface area contributed by atoms with Crippen LogP contribution in [0.4, 0.5) is 8.78 Å². The third kappa shape index (κ3) is 2.77. The van der Waals surface area contributed by atoms with Crippen LogP contribution in [-0.2, 0) is 6.42 Å². The van der Waals surface area contributed by atoms with Crippen LogP contribution in [0.1, 0.15) is 12.6 Å². The third-order valence-corrected chi connectivity index (χ3v) is 4.06. The van der Waals surface area contributed by atoms with Crippen molar-refractivity contribution in [3.8, 4) is 11.4 Å². The molecule has 2 aromatic rings. The molecule has 0 aliphatic rings. The van der Waals surface area contributed by atoms with Crippen molar-refractivity contribution >= 4 is 34.2 Å². The Morgan fingerprint density at radius 2 is 1.78 bits per heavy atom. The first-order valence-electron chi connectivity index (χ1n) is 5.19. The highest BCUT2D eigenvalue weighted by Gasteiger charge is 2.12. The fraction of sp³-hybridized carbons (Fsp3) is 0.167. The van der Waals surface area contributed by atoms with E-state index < -0.39 is 11.6 Å². The Kier molecular flexibility index (Phi) is 4.11. The minimum absolute atomic E-state index is 0.232. The maximum absolute atomic E-state index is 13.1. The number of nitrogens with zero attached hydrogens (tertiary/aromatic N) is 2. The summed E-state index contributed by atoms with van der Waals surface area (Å²) in [4.78, 5) is 8.31. The first-order valence-corrected chi connectivity index (χ1v) is 6.65. The molecule has 6 heteroatoms. The van der Waals surface area contributed by atoms with Crippen molar-refractivity contribution in [2.45, 2.75) is 13.3 Å². The van der Waals surface area contributed by atoms with Gasteiger partial charge in [-0.05, 0) is 41.1 Å². The lowest BCUT2D eigenvalue weighted by Gasteiger charge is -2.07. The van der Waals surface area contributed by atoms with Crippen LogP contribution < -0.4 is 0 Å². The summed E-state index contributed by atoms with van der Waals surface area (Å²) in [6.07, 6.45) is 0.672. The summed E-state index contributed by atoms with van der Waals surface area (Å²) < 4.78 is 27.1. The van der Waals surface area contributed by atoms with E-state index in [1.54, 1.807) is 0 Å². The molecule has 0 radical (unpaired) electrons. The van der Waals surface area contributed by atoms with Crippen molar-refractivity contribution in [3.63, 3.8) is 0 Å². The lowest BCUT2D eigenvalue weighted by Crippen LogP contribution is -2.00. The number of rotatable bonds is 2. The van der Waals surface area contributed by atoms with E-state index in [-0.39, 0.29) is 11.4 Å². The molecule has 0 atom stereocenters. The van der Waals surface area contributed by atoms with Gasteiger partial charge in [-0.15, -0.1) is 0 Å². The molecule has 0 bridgehead atoms. The molecule has 0 fully saturated rings. The topological polar surface area (TPSA) is 25.8 Å². The van der Waals surface area contributed by atoms with Crippen LogP contribution in [0.15, 0.2) is 18.2 Å². The predicted octanol–water partition coefficient (Wildman–Crippen LogP) is 4.24. The highest BCUT2D eigenvalue weighted by atomic mass is 127. The summed E-state index contributed by atoms with van der Waals surface area (Å²) in [5.41, 5.74) is 1.04. The molecule has 1 heterocycles. The molecule has 94 valence electrons. The van der Waals surface area contributed by atoms with Gasteiger partial charge in [-0.1, -0.05) is 18.5 Å². The van der Waals surface area contributed by atoms with Gasteiger partial charge in [0.1, 0.15) is 16.8 Å². The second kappa shape index (κ2) is 5.44. The van der Waals surface area contributed by atoms with Gasteiger partial charge < -0.3 is 0 Å². The van der Waals surface area contributed by atoms with Gasteiger partial charge in [-0.3, -0.25) is 0 Å². The van der Waals surface area contributed by atoms with Crippen LogP contribution in [0.5, 0.6) is 0 Å². The van der Waals surface area contributed by atoms with E-state index in [4.69, 9.17) is 11.6 Å². The molecule has 2 nitrogen and oxygen atoms in total. The number of aryl methyl sites for hydroxylation is 1. The zero-order valence-electron chi connectivity index (χ0n) is 9.35. The quantitative estimate of drug-likeness (QED) is 0.575. The molecule has 0 saturated heterocycles. The standard InChI is InChI=1S/C12H8ClF2IN2/c1-2-9-10(16)11(13)18-12(17-9)6-3-7(14)5-8(15)4-6/h3-5H,2H2,1H3. The molecular weight excluding hydrogens is 372 g/mol. The lowest BCUT2D eigenvalue weighted by molar-refractivity contribution is 0.584. The summed E-state index contributed by atoms with van der Waals surface area (Å²) in [5.74, 6) is -1.10. The summed E-state index contributed by atoms with van der Waals surface area (Å²) in [6, 6.07) is 3.17. The van der Waals surface area contributed by atoms with E-state index in [1.165, 1.54) is 12.1 Å². The molecule has 18 heavy (non-hydrogen) atoms. The zero-order chi connectivity index (χ0) is 13.3. The van der Waals surface area contributed by atoms with Crippen LogP contribution in [0.2, 0.25) is 5.15 Å². The van der Waals surface area contributed by atoms with Crippen molar-refractivity contribution in [2.75, 3.05) is 0 Å². The molecule has 0 unspecified atom stereocenters. The van der Waals surface area contributed by atoms with Gasteiger partial charge in [0.2, 0.25) is 0 Å². The third-order valence-electron chi connectivity index (χ3n) is 2.34. The van der Waals surface area contributed by atoms with E-state index in [2.05, 4.69) is 9.97 Å². The number of benzene rings is 1. The fourth-order valence-corrected chi connectivity index (χ4v) is 2.32. The van der Waals surface area contributed by atoms with Crippen molar-refractivity contribution in [1.82, 2.24) is 9.97 Å². The summed E-state index contributed by atoms with van der Waals surface area (Å²) in [5, 5.41) is 0.294. The maximum atomic E-state index is 13.1. The van der Waals surface area contributed by atoms with E-state index in [9.17, 15) is 8.78 Å². The second-order valence-electron chi connectivity index (χ2n) is 3.61. The van der Waals surface area contributed by atoms with Gasteiger partial charge in [-0.2, -0.15) is 0 Å². The van der Waals surface area contributed by atoms with Crippen LogP contribution >= 0.6 is 34.2 Å². The van der Waals surface area contributed by atoms with Gasteiger partial charge in [0.15, 0.2) is 5.82 Å². The molecule has 1 aromatic carbocycles. The van der Waals surface area contributed by atoms with Gasteiger partial charge in [0.05, 0.1) is 9.26 Å². The van der Waals surface area contributed by atoms with Crippen molar-refractivity contribution in [3.05, 3.63) is 44.3 Å². The van der Waals surface area contributed by atoms with Gasteiger partial charge in [0.25, 0.3) is 0 Å². The summed E-state index contributed by atoms with van der Waals surface area (Å²) in [7, 11) is 0. The molecule has 0 N–H and O–H groups in total. The van der Waals surface area contributed by atoms with Crippen molar-refractivity contribution in [1.29, 1.82) is 0 Å². The Hall–Kier alpha value is -0.820. The number of halogens is 4. The molecule has 0 amide bonds. The summed E-state index contributed by atoms with van der Waals surface area (Å²) in [6.45, 7) is 1.93. The normalized spacial score (nSPS) is 10.7. The van der Waals surface area contributed by atoms with Crippen LogP contribution in [0, 0.1) is 15.2 Å². The molecular formula is C12H8ClF2IN2. The number of hydrogen-bond acceptors (Lipinski definition) is 2. The average Bonchev–Trinajstić information content (AvgIpc) is 2.31. The van der Waals surface area contributed by atoms with E-state index >= 15 is 0 Å². The van der Waals surface area contributed by atoms with Gasteiger partial charge in [0, 0.05) is 11.6 Å². The van der Waals surface area contributed by atoms with E-state index in [0.29, 0.717) is 11.6 Å². The summed E-state index contributed by atoms with van der Waals surface area (Å²) >= 11 is 8.03. The van der Waals surface area contributed by atoms with Gasteiger partial charge >= 0.3 is 0 Å². The monoisotopic (exact) mass is 380 g/mol. The van der Waals surface area contributed by atoms with Crippen molar-refractivity contribution < 1.29 is 8.78 Å². The Balaban J connectivity index is 2.60. The minimum atomic E-state index is -0.665. The second-order valence-corrected chi connectivity index (χ2v) is 5.05. The highest BCUT2D eigenvalue weighted by Crippen LogP contribution is 2.25. The zero-order valence-corrected chi connectivity index (χ0v) is 12.3. The predicted molar refractivity (Wildman–Crippen MR) is 74.5 cm³/mol. The molecule has 0 saturated carbocycles. The fourth-order valence-electron chi connectivity index (χ4n) is 1.51. The van der Waals surface area contributed by atoms with Gasteiger partial charge in [-0.25, -0.2) is 18.7 Å². The number of hydrogen-bond donors (Lipinski definition) is 0. The Bertz CT molecular complexity index is 585. The Morgan fingerprint density at radius 1 is 1.17 bits per heavy atom. The highest BCUT2D eigenvalue weighted by molar-refractivity contribution is 14.1. The number of aromatic nitrogens is 2. The van der Waals surface area contributed by atoms with Crippen molar-refractivity contribution in [2.24, 2.45) is 0 Å². The average molecular weight is 381 g/mol. The molecule has 0 spiro atoms. The minimum Gasteiger partial charge on any atom is -0.232 e. The Labute approximate surface area is 122 Å². The lowest BCUT2D eigenvalue weighted by atomic mass is 10.2. The molecule has 1 aromatic heterocycles. The first kappa shape index (κ1) is 13.6. The van der Waals surface area contributed by atoms with E-state index in [1.807, 2.05) is 29.5 Å². The smallest absolute Gasteiger partial charge is 0.161 e. The van der Waals surface area contributed by atoms with Crippen LogP contribution in [-0.4, -0.2) is 9.97 Å². The molecule has 0 aliphatic heterocycles. The molecule has 2 rings (SSSR count). The largest absolute Gasteiger partial charge is 0.232 e. The van der Waals surface area contributed by atoms with Crippen LogP contribution in [0.3, 0.4) is 0 Å². The van der Waals surface area contributed by atoms with Crippen LogP contribution in [0.25, 0.3) is 11.4 Å². The van der Waals surface area contributed by atoms with E-state index in [0.717, 1.165) is 15.3 Å². The SMILES string of the molecule is CCc1nc(-c2cc(F)cc(F)c2)nc(Cl)c1I. The Morgan fingerprint density at radius 3 is 2.33 bits per heavy atom. The maximum Gasteiger partial charge on any atom is 0.161 e. The first-order chi connectivity index (χ1) is 8.51.